The number of allylic oxidation sites excluding steroid dienone is 6. The molecule has 0 aliphatic heterocycles. The summed E-state index contributed by atoms with van der Waals surface area (Å²) >= 11 is 0. The first-order chi connectivity index (χ1) is 23.5. The lowest BCUT2D eigenvalue weighted by molar-refractivity contribution is -0.148. The number of aromatic nitrogens is 4. The van der Waals surface area contributed by atoms with Crippen molar-refractivity contribution in [2.24, 2.45) is 0 Å². The van der Waals surface area contributed by atoms with Crippen LogP contribution in [0.25, 0.3) is 16.7 Å². The van der Waals surface area contributed by atoms with Gasteiger partial charge >= 0.3 is 18.5 Å². The van der Waals surface area contributed by atoms with Crippen LogP contribution in [-0.2, 0) is 18.5 Å². The summed E-state index contributed by atoms with van der Waals surface area (Å²) in [6.07, 6.45) is -17.1. The van der Waals surface area contributed by atoms with Gasteiger partial charge < -0.3 is 0 Å². The summed E-state index contributed by atoms with van der Waals surface area (Å²) in [6.45, 7) is 2.42. The van der Waals surface area contributed by atoms with Gasteiger partial charge in [0.15, 0.2) is 40.4 Å². The molecule has 3 aromatic rings. The van der Waals surface area contributed by atoms with E-state index in [2.05, 4.69) is 19.9 Å². The summed E-state index contributed by atoms with van der Waals surface area (Å²) in [5.41, 5.74) is -24.0. The van der Waals surface area contributed by atoms with Crippen molar-refractivity contribution in [3.63, 3.8) is 0 Å². The first-order valence-corrected chi connectivity index (χ1v) is 13.1. The molecule has 1 aromatic carbocycles. The van der Waals surface area contributed by atoms with E-state index >= 15 is 8.78 Å². The third-order valence-corrected chi connectivity index (χ3v) is 6.93. The largest absolute Gasteiger partial charge is 0.434 e. The second-order valence-corrected chi connectivity index (χ2v) is 10.1. The van der Waals surface area contributed by atoms with Gasteiger partial charge in [-0.2, -0.15) is 60.6 Å². The zero-order chi connectivity index (χ0) is 38.7. The number of alkyl halides is 9. The zero-order valence-corrected chi connectivity index (χ0v) is 25.0. The highest BCUT2D eigenvalue weighted by atomic mass is 19.4. The maximum Gasteiger partial charge on any atom is 0.434 e. The number of nitrogens with zero attached hydrogens (tertiary/aromatic N) is 8. The molecule has 21 heteroatoms. The number of aryl methyl sites for hydroxylation is 3. The highest BCUT2D eigenvalue weighted by Crippen LogP contribution is 2.58. The van der Waals surface area contributed by atoms with Crippen LogP contribution in [0.2, 0.25) is 0 Å². The fourth-order valence-corrected chi connectivity index (χ4v) is 5.03. The van der Waals surface area contributed by atoms with Gasteiger partial charge in [-0.25, -0.2) is 37.5 Å². The van der Waals surface area contributed by atoms with Crippen molar-refractivity contribution in [3.8, 4) is 24.3 Å². The smallest absolute Gasteiger partial charge is 0.238 e. The van der Waals surface area contributed by atoms with Gasteiger partial charge in [0, 0.05) is 22.3 Å². The molecule has 0 radical (unpaired) electrons. The molecule has 0 amide bonds. The Morgan fingerprint density at radius 3 is 1.12 bits per heavy atom. The van der Waals surface area contributed by atoms with Crippen LogP contribution >= 0.6 is 0 Å². The molecule has 1 fully saturated rings. The van der Waals surface area contributed by atoms with Gasteiger partial charge in [-0.05, 0) is 20.8 Å². The van der Waals surface area contributed by atoms with Gasteiger partial charge in [0.05, 0.1) is 33.5 Å². The molecule has 1 aliphatic carbocycles. The quantitative estimate of drug-likeness (QED) is 0.150. The second-order valence-electron chi connectivity index (χ2n) is 10.1. The highest BCUT2D eigenvalue weighted by Gasteiger charge is 2.50. The van der Waals surface area contributed by atoms with Crippen molar-refractivity contribution in [2.75, 3.05) is 0 Å². The summed E-state index contributed by atoms with van der Waals surface area (Å²) in [7, 11) is 0. The fraction of sp³-hybridized carbons (Fsp3) is 0.200. The van der Waals surface area contributed by atoms with Crippen molar-refractivity contribution in [3.05, 3.63) is 96.7 Å². The Kier molecular flexibility index (Phi) is 9.19. The average Bonchev–Trinajstić information content (AvgIpc) is 3.72. The van der Waals surface area contributed by atoms with Crippen LogP contribution in [0.15, 0.2) is 16.7 Å². The molecule has 0 unspecified atom stereocenters. The molecule has 260 valence electrons. The summed E-state index contributed by atoms with van der Waals surface area (Å²) in [5, 5.41) is 39.0. The Balaban J connectivity index is 2.43. The number of rotatable bonds is 3. The molecule has 0 N–H and O–H groups in total. The Morgan fingerprint density at radius 2 is 0.784 bits per heavy atom. The number of hydrogen-bond donors (Lipinski definition) is 0. The van der Waals surface area contributed by atoms with E-state index in [-0.39, 0.29) is 0 Å². The lowest BCUT2D eigenvalue weighted by Crippen LogP contribution is -2.21. The molecule has 4 rings (SSSR count). The van der Waals surface area contributed by atoms with E-state index in [1.165, 1.54) is 6.07 Å². The number of benzene rings is 1. The SMILES string of the molecule is Cc1nc(C)c(C(C#N)=C2C(=C(C#N)c3c(C(F)(F)F)nc(C)nc3C(F)(F)F)C2=C(C#N)c2c(F)c(F)c(C#N)c(F)c2F)c(C(F)(F)F)n1. The van der Waals surface area contributed by atoms with Crippen molar-refractivity contribution in [1.29, 1.82) is 21.0 Å². The molecule has 0 atom stereocenters. The van der Waals surface area contributed by atoms with E-state index in [0.29, 0.717) is 6.92 Å². The van der Waals surface area contributed by atoms with E-state index in [1.54, 1.807) is 0 Å². The summed E-state index contributed by atoms with van der Waals surface area (Å²) in [6, 6.07) is 3.96. The van der Waals surface area contributed by atoms with Gasteiger partial charge in [-0.3, -0.25) is 0 Å². The van der Waals surface area contributed by atoms with E-state index in [9.17, 15) is 64.1 Å². The molecule has 0 spiro atoms. The third-order valence-electron chi connectivity index (χ3n) is 6.93. The highest BCUT2D eigenvalue weighted by molar-refractivity contribution is 6.12. The topological polar surface area (TPSA) is 147 Å². The van der Waals surface area contributed by atoms with Crippen LogP contribution in [0.5, 0.6) is 0 Å². The van der Waals surface area contributed by atoms with Crippen molar-refractivity contribution in [2.45, 2.75) is 39.3 Å². The van der Waals surface area contributed by atoms with Crippen LogP contribution in [0, 0.1) is 89.4 Å². The van der Waals surface area contributed by atoms with Gasteiger partial charge in [-0.15, -0.1) is 0 Å². The monoisotopic (exact) mass is 728 g/mol. The van der Waals surface area contributed by atoms with E-state index < -0.39 is 132 Å². The predicted octanol–water partition coefficient (Wildman–Crippen LogP) is 7.92. The molecule has 2 heterocycles. The molecular formula is C30H9F13N8. The van der Waals surface area contributed by atoms with Crippen LogP contribution in [0.1, 0.15) is 56.7 Å². The number of nitriles is 4. The van der Waals surface area contributed by atoms with Gasteiger partial charge in [0.1, 0.15) is 41.5 Å². The molecule has 0 bridgehead atoms. The molecule has 1 aliphatic rings. The lowest BCUT2D eigenvalue weighted by atomic mass is 9.98. The fourth-order valence-electron chi connectivity index (χ4n) is 5.03. The molecular weight excluding hydrogens is 719 g/mol. The summed E-state index contributed by atoms with van der Waals surface area (Å²) in [5.74, 6) is -11.6. The Hall–Kier alpha value is -6.35. The number of halogens is 13. The summed E-state index contributed by atoms with van der Waals surface area (Å²) < 4.78 is 188. The Labute approximate surface area is 275 Å². The normalized spacial score (nSPS) is 16.1. The molecule has 2 aromatic heterocycles. The minimum atomic E-state index is -5.84. The number of hydrogen-bond acceptors (Lipinski definition) is 8. The van der Waals surface area contributed by atoms with Gasteiger partial charge in [-0.1, -0.05) is 0 Å². The van der Waals surface area contributed by atoms with Crippen LogP contribution in [0.3, 0.4) is 0 Å². The van der Waals surface area contributed by atoms with Crippen molar-refractivity contribution in [1.82, 2.24) is 19.9 Å². The van der Waals surface area contributed by atoms with E-state index in [0.717, 1.165) is 32.1 Å². The average molecular weight is 728 g/mol. The zero-order valence-electron chi connectivity index (χ0n) is 25.0. The third kappa shape index (κ3) is 6.30. The maximum atomic E-state index is 15.2. The van der Waals surface area contributed by atoms with E-state index in [1.807, 2.05) is 0 Å². The van der Waals surface area contributed by atoms with Crippen LogP contribution in [-0.4, -0.2) is 19.9 Å². The van der Waals surface area contributed by atoms with Crippen molar-refractivity contribution >= 4 is 16.7 Å². The second kappa shape index (κ2) is 12.5. The minimum Gasteiger partial charge on any atom is -0.238 e. The van der Waals surface area contributed by atoms with Crippen LogP contribution in [0.4, 0.5) is 57.1 Å². The van der Waals surface area contributed by atoms with E-state index in [4.69, 9.17) is 5.26 Å². The Morgan fingerprint density at radius 1 is 0.471 bits per heavy atom. The summed E-state index contributed by atoms with van der Waals surface area (Å²) in [4.78, 5) is 12.7. The van der Waals surface area contributed by atoms with Gasteiger partial charge in [0.25, 0.3) is 0 Å². The molecule has 8 nitrogen and oxygen atoms in total. The maximum absolute atomic E-state index is 15.2. The molecule has 0 saturated heterocycles. The van der Waals surface area contributed by atoms with Crippen LogP contribution < -0.4 is 0 Å². The first kappa shape index (κ1) is 37.5. The Bertz CT molecular complexity index is 2270. The standard InChI is InChI=1S/C30H9F13N8/c1-8-15(25(28(35,36)37)49-9(2)48-8)11(4-44)16-17(12(5-45)19-23(33)21(31)14(7-47)22(32)24(19)34)18(16)13(6-46)20-26(29(38,39)40)50-10(3)51-27(20)30(41,42)43/h1-3H3. The van der Waals surface area contributed by atoms with Gasteiger partial charge in [0.2, 0.25) is 0 Å². The van der Waals surface area contributed by atoms with Crippen molar-refractivity contribution < 1.29 is 57.1 Å². The minimum absolute atomic E-state index is 0.558. The first-order valence-electron chi connectivity index (χ1n) is 13.1. The predicted molar refractivity (Wildman–Crippen MR) is 142 cm³/mol. The lowest BCUT2D eigenvalue weighted by Gasteiger charge is -2.17. The molecule has 51 heavy (non-hydrogen) atoms. The molecule has 1 saturated carbocycles.